The predicted molar refractivity (Wildman–Crippen MR) is 103 cm³/mol. The molecule has 1 atom stereocenters. The number of esters is 1. The van der Waals surface area contributed by atoms with Crippen LogP contribution in [-0.4, -0.2) is 5.97 Å². The highest BCUT2D eigenvalue weighted by Gasteiger charge is 2.37. The van der Waals surface area contributed by atoms with Gasteiger partial charge >= 0.3 is 18.3 Å². The highest BCUT2D eigenvalue weighted by atomic mass is 19.4. The Morgan fingerprint density at radius 2 is 1.61 bits per heavy atom. The van der Waals surface area contributed by atoms with Crippen molar-refractivity contribution in [3.05, 3.63) is 64.2 Å². The molecule has 1 aliphatic rings. The van der Waals surface area contributed by atoms with Crippen LogP contribution < -0.4 is 4.74 Å². The number of rotatable bonds is 4. The molecule has 2 nitrogen and oxygen atoms in total. The van der Waals surface area contributed by atoms with Crippen molar-refractivity contribution < 1.29 is 35.9 Å². The van der Waals surface area contributed by atoms with E-state index in [0.29, 0.717) is 29.9 Å². The number of hydrogen-bond acceptors (Lipinski definition) is 2. The van der Waals surface area contributed by atoms with Crippen molar-refractivity contribution in [1.29, 1.82) is 0 Å². The van der Waals surface area contributed by atoms with E-state index in [0.717, 1.165) is 31.2 Å². The molecule has 0 radical (unpaired) electrons. The van der Waals surface area contributed by atoms with E-state index in [2.05, 4.69) is 6.92 Å². The minimum atomic E-state index is -4.82. The number of aryl methyl sites for hydroxylation is 3. The van der Waals surface area contributed by atoms with Gasteiger partial charge in [-0.05, 0) is 85.0 Å². The van der Waals surface area contributed by atoms with Crippen molar-refractivity contribution in [1.82, 2.24) is 0 Å². The summed E-state index contributed by atoms with van der Waals surface area (Å²) in [7, 11) is 0. The smallest absolute Gasteiger partial charge is 0.416 e. The van der Waals surface area contributed by atoms with Crippen molar-refractivity contribution >= 4 is 5.97 Å². The highest BCUT2D eigenvalue weighted by Crippen LogP contribution is 2.37. The summed E-state index contributed by atoms with van der Waals surface area (Å²) < 4.78 is 83.5. The van der Waals surface area contributed by atoms with Gasteiger partial charge in [-0.1, -0.05) is 13.0 Å². The Kier molecular flexibility index (Phi) is 6.67. The average molecular weight is 444 g/mol. The van der Waals surface area contributed by atoms with E-state index in [1.54, 1.807) is 12.1 Å². The molecule has 0 amide bonds. The standard InChI is InChI=1S/C23H22F6O2/c1-14-2-4-15-6-9-19(13-16(15)5-3-14)31-21(30)11-7-17-12-18(22(24,25)26)8-10-20(17)23(27,28)29/h6,8-10,12-14H,2-5,7,11H2,1H3. The van der Waals surface area contributed by atoms with Crippen LogP contribution >= 0.6 is 0 Å². The molecule has 0 spiro atoms. The second kappa shape index (κ2) is 8.93. The molecule has 0 saturated carbocycles. The second-order valence-corrected chi connectivity index (χ2v) is 7.95. The van der Waals surface area contributed by atoms with Gasteiger partial charge in [0.1, 0.15) is 5.75 Å². The molecule has 3 rings (SSSR count). The molecule has 1 aliphatic carbocycles. The Morgan fingerprint density at radius 1 is 0.935 bits per heavy atom. The Balaban J connectivity index is 1.71. The summed E-state index contributed by atoms with van der Waals surface area (Å²) in [5, 5.41) is 0. The van der Waals surface area contributed by atoms with Gasteiger partial charge in [-0.2, -0.15) is 26.3 Å². The molecule has 0 saturated heterocycles. The van der Waals surface area contributed by atoms with Crippen LogP contribution in [0.4, 0.5) is 26.3 Å². The van der Waals surface area contributed by atoms with Gasteiger partial charge in [-0.25, -0.2) is 0 Å². The van der Waals surface area contributed by atoms with E-state index in [1.807, 2.05) is 6.07 Å². The number of hydrogen-bond donors (Lipinski definition) is 0. The number of alkyl halides is 6. The van der Waals surface area contributed by atoms with Gasteiger partial charge in [-0.3, -0.25) is 4.79 Å². The summed E-state index contributed by atoms with van der Waals surface area (Å²) >= 11 is 0. The Hall–Kier alpha value is -2.51. The summed E-state index contributed by atoms with van der Waals surface area (Å²) in [6, 6.07) is 6.51. The van der Waals surface area contributed by atoms with Crippen LogP contribution in [0.15, 0.2) is 36.4 Å². The lowest BCUT2D eigenvalue weighted by molar-refractivity contribution is -0.142. The van der Waals surface area contributed by atoms with E-state index < -0.39 is 47.9 Å². The van der Waals surface area contributed by atoms with E-state index in [1.165, 1.54) is 5.56 Å². The maximum atomic E-state index is 13.2. The molecule has 1 unspecified atom stereocenters. The summed E-state index contributed by atoms with van der Waals surface area (Å²) in [6.45, 7) is 2.18. The Bertz CT molecular complexity index is 946. The van der Waals surface area contributed by atoms with Crippen molar-refractivity contribution in [2.45, 2.75) is 57.8 Å². The largest absolute Gasteiger partial charge is 0.427 e. The molecule has 8 heteroatoms. The zero-order valence-electron chi connectivity index (χ0n) is 16.9. The number of carbonyl (C=O) groups is 1. The normalized spacial score (nSPS) is 17.1. The summed E-state index contributed by atoms with van der Waals surface area (Å²) in [5.74, 6) is 0.0829. The topological polar surface area (TPSA) is 26.3 Å². The first-order valence-corrected chi connectivity index (χ1v) is 10.0. The quantitative estimate of drug-likeness (QED) is 0.225. The van der Waals surface area contributed by atoms with E-state index >= 15 is 0 Å². The number of carbonyl (C=O) groups excluding carboxylic acids is 1. The molecule has 31 heavy (non-hydrogen) atoms. The molecule has 0 aromatic heterocycles. The molecular weight excluding hydrogens is 422 g/mol. The zero-order chi connectivity index (χ0) is 22.8. The first-order valence-electron chi connectivity index (χ1n) is 10.0. The van der Waals surface area contributed by atoms with Gasteiger partial charge in [0.05, 0.1) is 11.1 Å². The van der Waals surface area contributed by atoms with Gasteiger partial charge in [0.15, 0.2) is 0 Å². The van der Waals surface area contributed by atoms with E-state index in [4.69, 9.17) is 4.74 Å². The van der Waals surface area contributed by atoms with Gasteiger partial charge in [0, 0.05) is 6.42 Å². The van der Waals surface area contributed by atoms with Crippen LogP contribution in [0.3, 0.4) is 0 Å². The highest BCUT2D eigenvalue weighted by molar-refractivity contribution is 5.73. The minimum absolute atomic E-state index is 0.290. The maximum Gasteiger partial charge on any atom is 0.416 e. The summed E-state index contributed by atoms with van der Waals surface area (Å²) in [5.41, 5.74) is -0.707. The molecular formula is C23H22F6O2. The van der Waals surface area contributed by atoms with Gasteiger partial charge in [0.2, 0.25) is 0 Å². The lowest BCUT2D eigenvalue weighted by Crippen LogP contribution is -2.15. The molecule has 0 bridgehead atoms. The van der Waals surface area contributed by atoms with Gasteiger partial charge < -0.3 is 4.74 Å². The van der Waals surface area contributed by atoms with Crippen LogP contribution in [0.2, 0.25) is 0 Å². The third-order valence-electron chi connectivity index (χ3n) is 5.56. The molecule has 2 aromatic rings. The van der Waals surface area contributed by atoms with Gasteiger partial charge in [0.25, 0.3) is 0 Å². The molecule has 168 valence electrons. The molecule has 0 N–H and O–H groups in total. The molecule has 0 heterocycles. The van der Waals surface area contributed by atoms with Crippen LogP contribution in [0.1, 0.15) is 54.0 Å². The lowest BCUT2D eigenvalue weighted by atomic mass is 9.99. The number of fused-ring (bicyclic) bond motifs is 1. The monoisotopic (exact) mass is 444 g/mol. The van der Waals surface area contributed by atoms with E-state index in [9.17, 15) is 31.1 Å². The van der Waals surface area contributed by atoms with E-state index in [-0.39, 0.29) is 0 Å². The Labute approximate surface area is 176 Å². The van der Waals surface area contributed by atoms with Crippen LogP contribution in [0.25, 0.3) is 0 Å². The Morgan fingerprint density at radius 3 is 2.26 bits per heavy atom. The number of halogens is 6. The van der Waals surface area contributed by atoms with Gasteiger partial charge in [-0.15, -0.1) is 0 Å². The first kappa shape index (κ1) is 23.2. The van der Waals surface area contributed by atoms with Crippen molar-refractivity contribution in [2.24, 2.45) is 5.92 Å². The van der Waals surface area contributed by atoms with Crippen molar-refractivity contribution in [2.75, 3.05) is 0 Å². The zero-order valence-corrected chi connectivity index (χ0v) is 16.9. The van der Waals surface area contributed by atoms with Crippen molar-refractivity contribution in [3.63, 3.8) is 0 Å². The van der Waals surface area contributed by atoms with Crippen LogP contribution in [0.5, 0.6) is 5.75 Å². The van der Waals surface area contributed by atoms with Crippen LogP contribution in [0, 0.1) is 5.92 Å². The lowest BCUT2D eigenvalue weighted by Gasteiger charge is -2.16. The SMILES string of the molecule is CC1CCc2ccc(OC(=O)CCc3cc(C(F)(F)F)ccc3C(F)(F)F)cc2CC1. The fourth-order valence-corrected chi connectivity index (χ4v) is 3.76. The summed E-state index contributed by atoms with van der Waals surface area (Å²) in [6.07, 6.45) is -6.72. The predicted octanol–water partition coefficient (Wildman–Crippen LogP) is 6.78. The van der Waals surface area contributed by atoms with Crippen molar-refractivity contribution in [3.8, 4) is 5.75 Å². The number of benzene rings is 2. The second-order valence-electron chi connectivity index (χ2n) is 7.95. The maximum absolute atomic E-state index is 13.2. The molecule has 0 aliphatic heterocycles. The fourth-order valence-electron chi connectivity index (χ4n) is 3.76. The number of ether oxygens (including phenoxy) is 1. The first-order chi connectivity index (χ1) is 14.4. The molecule has 2 aromatic carbocycles. The third-order valence-corrected chi connectivity index (χ3v) is 5.56. The average Bonchev–Trinajstić information content (AvgIpc) is 2.86. The fraction of sp³-hybridized carbons (Fsp3) is 0.435. The third kappa shape index (κ3) is 6.02. The van der Waals surface area contributed by atoms with Crippen LogP contribution in [-0.2, 0) is 36.4 Å². The minimum Gasteiger partial charge on any atom is -0.427 e. The molecule has 0 fully saturated rings. The summed E-state index contributed by atoms with van der Waals surface area (Å²) in [4.78, 5) is 12.2.